The van der Waals surface area contributed by atoms with Crippen molar-refractivity contribution in [2.24, 2.45) is 5.41 Å². The van der Waals surface area contributed by atoms with E-state index in [9.17, 15) is 0 Å². The van der Waals surface area contributed by atoms with Crippen molar-refractivity contribution in [3.63, 3.8) is 0 Å². The maximum absolute atomic E-state index is 5.55. The molecular formula is C16H26N2O. The quantitative estimate of drug-likeness (QED) is 0.852. The summed E-state index contributed by atoms with van der Waals surface area (Å²) in [6.45, 7) is 7.19. The van der Waals surface area contributed by atoms with E-state index in [0.717, 1.165) is 45.7 Å². The molecular weight excluding hydrogens is 236 g/mol. The van der Waals surface area contributed by atoms with Crippen molar-refractivity contribution in [1.29, 1.82) is 0 Å². The molecule has 1 heterocycles. The van der Waals surface area contributed by atoms with Gasteiger partial charge in [-0.1, -0.05) is 25.1 Å². The molecule has 3 nitrogen and oxygen atoms in total. The van der Waals surface area contributed by atoms with Gasteiger partial charge in [0.25, 0.3) is 0 Å². The van der Waals surface area contributed by atoms with Gasteiger partial charge in [0.15, 0.2) is 0 Å². The van der Waals surface area contributed by atoms with Gasteiger partial charge in [0.1, 0.15) is 0 Å². The normalized spacial score (nSPS) is 18.2. The topological polar surface area (TPSA) is 24.5 Å². The van der Waals surface area contributed by atoms with Crippen LogP contribution < -0.4 is 10.2 Å². The van der Waals surface area contributed by atoms with Gasteiger partial charge in [0, 0.05) is 44.5 Å². The molecule has 1 aliphatic heterocycles. The van der Waals surface area contributed by atoms with Crippen molar-refractivity contribution in [1.82, 2.24) is 5.32 Å². The maximum Gasteiger partial charge on any atom is 0.0472 e. The van der Waals surface area contributed by atoms with Gasteiger partial charge in [0.05, 0.1) is 0 Å². The van der Waals surface area contributed by atoms with E-state index in [0.29, 0.717) is 5.41 Å². The molecule has 1 aromatic rings. The summed E-state index contributed by atoms with van der Waals surface area (Å²) in [6.07, 6.45) is 2.30. The van der Waals surface area contributed by atoms with Crippen LogP contribution in [0.5, 0.6) is 0 Å². The summed E-state index contributed by atoms with van der Waals surface area (Å²) in [6, 6.07) is 10.6. The molecule has 0 radical (unpaired) electrons. The lowest BCUT2D eigenvalue weighted by Gasteiger charge is -2.41. The highest BCUT2D eigenvalue weighted by atomic mass is 16.5. The average molecular weight is 262 g/mol. The van der Waals surface area contributed by atoms with Gasteiger partial charge in [-0.3, -0.25) is 0 Å². The van der Waals surface area contributed by atoms with Crippen LogP contribution in [0.4, 0.5) is 5.69 Å². The molecule has 1 aliphatic rings. The number of anilines is 1. The summed E-state index contributed by atoms with van der Waals surface area (Å²) in [4.78, 5) is 2.38. The lowest BCUT2D eigenvalue weighted by molar-refractivity contribution is 0.0190. The minimum absolute atomic E-state index is 0.346. The molecule has 0 aromatic heterocycles. The Hall–Kier alpha value is -1.06. The van der Waals surface area contributed by atoms with Crippen LogP contribution in [0.3, 0.4) is 0 Å². The second-order valence-electron chi connectivity index (χ2n) is 5.58. The van der Waals surface area contributed by atoms with Gasteiger partial charge in [-0.25, -0.2) is 0 Å². The van der Waals surface area contributed by atoms with Crippen molar-refractivity contribution in [2.45, 2.75) is 19.8 Å². The molecule has 0 aliphatic carbocycles. The van der Waals surface area contributed by atoms with Crippen LogP contribution >= 0.6 is 0 Å². The Kier molecular flexibility index (Phi) is 5.23. The first-order valence-corrected chi connectivity index (χ1v) is 7.30. The largest absolute Gasteiger partial charge is 0.381 e. The van der Waals surface area contributed by atoms with E-state index in [1.165, 1.54) is 5.69 Å². The van der Waals surface area contributed by atoms with Gasteiger partial charge in [-0.2, -0.15) is 0 Å². The summed E-state index contributed by atoms with van der Waals surface area (Å²) in [5.74, 6) is 0. The van der Waals surface area contributed by atoms with E-state index in [1.54, 1.807) is 0 Å². The number of benzene rings is 1. The Balaban J connectivity index is 2.02. The van der Waals surface area contributed by atoms with E-state index in [1.807, 2.05) is 0 Å². The molecule has 1 aromatic carbocycles. The fourth-order valence-corrected chi connectivity index (χ4v) is 2.86. The van der Waals surface area contributed by atoms with Crippen LogP contribution in [0.15, 0.2) is 30.3 Å². The SMILES string of the molecule is CCNCC1(CN(C)c2ccccc2)CCOCC1. The maximum atomic E-state index is 5.55. The number of nitrogens with one attached hydrogen (secondary N) is 1. The first kappa shape index (κ1) is 14.4. The summed E-state index contributed by atoms with van der Waals surface area (Å²) in [5, 5.41) is 3.53. The van der Waals surface area contributed by atoms with E-state index < -0.39 is 0 Å². The third kappa shape index (κ3) is 3.95. The lowest BCUT2D eigenvalue weighted by Crippen LogP contribution is -2.46. The van der Waals surface area contributed by atoms with Crippen LogP contribution in [-0.4, -0.2) is 39.9 Å². The highest BCUT2D eigenvalue weighted by Crippen LogP contribution is 2.32. The van der Waals surface area contributed by atoms with Gasteiger partial charge < -0.3 is 15.0 Å². The third-order valence-corrected chi connectivity index (χ3v) is 4.07. The van der Waals surface area contributed by atoms with E-state index in [-0.39, 0.29) is 0 Å². The van der Waals surface area contributed by atoms with Gasteiger partial charge in [-0.15, -0.1) is 0 Å². The monoisotopic (exact) mass is 262 g/mol. The molecule has 0 saturated carbocycles. The number of rotatable bonds is 6. The predicted molar refractivity (Wildman–Crippen MR) is 80.7 cm³/mol. The number of para-hydroxylation sites is 1. The average Bonchev–Trinajstić information content (AvgIpc) is 2.47. The minimum atomic E-state index is 0.346. The van der Waals surface area contributed by atoms with Crippen molar-refractivity contribution < 1.29 is 4.74 Å². The number of hydrogen-bond donors (Lipinski definition) is 1. The molecule has 0 atom stereocenters. The van der Waals surface area contributed by atoms with Crippen molar-refractivity contribution in [3.8, 4) is 0 Å². The van der Waals surface area contributed by atoms with Gasteiger partial charge in [-0.05, 0) is 31.5 Å². The summed E-state index contributed by atoms with van der Waals surface area (Å²) < 4.78 is 5.55. The molecule has 0 spiro atoms. The Labute approximate surface area is 116 Å². The van der Waals surface area contributed by atoms with Gasteiger partial charge >= 0.3 is 0 Å². The molecule has 1 saturated heterocycles. The fraction of sp³-hybridized carbons (Fsp3) is 0.625. The standard InChI is InChI=1S/C16H26N2O/c1-3-17-13-16(9-11-19-12-10-16)14-18(2)15-7-5-4-6-8-15/h4-8,17H,3,9-14H2,1-2H3. The van der Waals surface area contributed by atoms with Crippen LogP contribution in [0.1, 0.15) is 19.8 Å². The zero-order valence-electron chi connectivity index (χ0n) is 12.2. The number of hydrogen-bond acceptors (Lipinski definition) is 3. The highest BCUT2D eigenvalue weighted by molar-refractivity contribution is 5.45. The van der Waals surface area contributed by atoms with Crippen LogP contribution in [0, 0.1) is 5.41 Å². The Morgan fingerprint density at radius 2 is 1.89 bits per heavy atom. The molecule has 0 bridgehead atoms. The highest BCUT2D eigenvalue weighted by Gasteiger charge is 2.33. The zero-order chi connectivity index (χ0) is 13.6. The van der Waals surface area contributed by atoms with Gasteiger partial charge in [0.2, 0.25) is 0 Å². The number of nitrogens with zero attached hydrogens (tertiary/aromatic N) is 1. The smallest absolute Gasteiger partial charge is 0.0472 e. The lowest BCUT2D eigenvalue weighted by atomic mass is 9.79. The molecule has 1 N–H and O–H groups in total. The van der Waals surface area contributed by atoms with Crippen molar-refractivity contribution >= 4 is 5.69 Å². The first-order valence-electron chi connectivity index (χ1n) is 7.30. The zero-order valence-corrected chi connectivity index (χ0v) is 12.2. The summed E-state index contributed by atoms with van der Waals surface area (Å²) in [5.41, 5.74) is 1.64. The molecule has 19 heavy (non-hydrogen) atoms. The van der Waals surface area contributed by atoms with Crippen LogP contribution in [0.25, 0.3) is 0 Å². The van der Waals surface area contributed by atoms with Crippen LogP contribution in [-0.2, 0) is 4.74 Å². The molecule has 0 amide bonds. The van der Waals surface area contributed by atoms with E-state index in [4.69, 9.17) is 4.74 Å². The second kappa shape index (κ2) is 6.92. The minimum Gasteiger partial charge on any atom is -0.381 e. The van der Waals surface area contributed by atoms with Crippen molar-refractivity contribution in [2.75, 3.05) is 44.8 Å². The molecule has 2 rings (SSSR count). The summed E-state index contributed by atoms with van der Waals surface area (Å²) >= 11 is 0. The summed E-state index contributed by atoms with van der Waals surface area (Å²) in [7, 11) is 2.19. The van der Waals surface area contributed by atoms with Crippen LogP contribution in [0.2, 0.25) is 0 Å². The molecule has 106 valence electrons. The predicted octanol–water partition coefficient (Wildman–Crippen LogP) is 2.53. The molecule has 0 unspecified atom stereocenters. The van der Waals surface area contributed by atoms with Crippen molar-refractivity contribution in [3.05, 3.63) is 30.3 Å². The molecule has 1 fully saturated rings. The Morgan fingerprint density at radius 1 is 1.21 bits per heavy atom. The fourth-order valence-electron chi connectivity index (χ4n) is 2.86. The molecule has 3 heteroatoms. The Morgan fingerprint density at radius 3 is 2.53 bits per heavy atom. The first-order chi connectivity index (χ1) is 9.26. The Bertz CT molecular complexity index is 360. The van der Waals surface area contributed by atoms with E-state index >= 15 is 0 Å². The van der Waals surface area contributed by atoms with E-state index in [2.05, 4.69) is 54.5 Å². The third-order valence-electron chi connectivity index (χ3n) is 4.07. The second-order valence-corrected chi connectivity index (χ2v) is 5.58. The number of ether oxygens (including phenoxy) is 1.